The topological polar surface area (TPSA) is 102 Å². The second-order valence-electron chi connectivity index (χ2n) is 12.2. The number of benzene rings is 4. The maximum Gasteiger partial charge on any atom is 0.298 e. The highest BCUT2D eigenvalue weighted by Crippen LogP contribution is 2.36. The number of carbonyl (C=O) groups excluding carboxylic acids is 1. The van der Waals surface area contributed by atoms with E-state index in [1.165, 1.54) is 24.3 Å². The first-order chi connectivity index (χ1) is 22.4. The second-order valence-corrected chi connectivity index (χ2v) is 14.4. The van der Waals surface area contributed by atoms with Gasteiger partial charge in [0, 0.05) is 23.2 Å². The van der Waals surface area contributed by atoms with Crippen LogP contribution >= 0.6 is 11.6 Å². The van der Waals surface area contributed by atoms with Crippen LogP contribution in [0.25, 0.3) is 21.9 Å². The van der Waals surface area contributed by atoms with Gasteiger partial charge in [-0.25, -0.2) is 12.8 Å². The maximum absolute atomic E-state index is 16.4. The number of ether oxygens (including phenoxy) is 1. The Morgan fingerprint density at radius 3 is 2.19 bits per heavy atom. The Balaban J connectivity index is 1.30. The molecule has 2 fully saturated rings. The Bertz CT molecular complexity index is 1850. The van der Waals surface area contributed by atoms with Crippen molar-refractivity contribution >= 4 is 38.3 Å². The zero-order valence-corrected chi connectivity index (χ0v) is 27.0. The van der Waals surface area contributed by atoms with Gasteiger partial charge in [-0.05, 0) is 90.4 Å². The molecule has 1 aliphatic carbocycles. The van der Waals surface area contributed by atoms with E-state index in [-0.39, 0.29) is 24.0 Å². The van der Waals surface area contributed by atoms with Gasteiger partial charge >= 0.3 is 0 Å². The molecule has 3 atom stereocenters. The van der Waals surface area contributed by atoms with Gasteiger partial charge in [0.1, 0.15) is 11.9 Å². The summed E-state index contributed by atoms with van der Waals surface area (Å²) in [5.41, 5.74) is 6.50. The van der Waals surface area contributed by atoms with Gasteiger partial charge in [-0.2, -0.15) is 13.5 Å². The third-order valence-corrected chi connectivity index (χ3v) is 10.6. The number of nitrogens with two attached hydrogens (primary N) is 1. The van der Waals surface area contributed by atoms with Crippen molar-refractivity contribution in [2.24, 2.45) is 5.73 Å². The minimum absolute atomic E-state index is 0.0465. The van der Waals surface area contributed by atoms with E-state index in [0.717, 1.165) is 48.3 Å². The lowest BCUT2D eigenvalue weighted by Crippen LogP contribution is -2.60. The van der Waals surface area contributed by atoms with E-state index in [0.29, 0.717) is 27.1 Å². The molecule has 0 radical (unpaired) electrons. The number of sulfonamides is 1. The summed E-state index contributed by atoms with van der Waals surface area (Å²) >= 11 is 5.96. The predicted molar refractivity (Wildman–Crippen MR) is 176 cm³/mol. The third-order valence-electron chi connectivity index (χ3n) is 8.93. The zero-order valence-electron chi connectivity index (χ0n) is 25.4. The second kappa shape index (κ2) is 13.5. The maximum atomic E-state index is 16.4. The molecule has 6 rings (SSSR count). The largest absolute Gasteiger partial charge is 0.490 e. The van der Waals surface area contributed by atoms with Crippen molar-refractivity contribution in [2.75, 3.05) is 13.1 Å². The highest BCUT2D eigenvalue weighted by Gasteiger charge is 2.50. The van der Waals surface area contributed by atoms with Crippen LogP contribution in [0.15, 0.2) is 89.8 Å². The predicted octanol–water partition coefficient (Wildman–Crippen LogP) is 6.82. The normalized spacial score (nSPS) is 20.0. The molecule has 1 unspecified atom stereocenters. The van der Waals surface area contributed by atoms with Crippen LogP contribution < -0.4 is 15.2 Å². The number of halogens is 4. The fourth-order valence-electron chi connectivity index (χ4n) is 6.14. The summed E-state index contributed by atoms with van der Waals surface area (Å²) in [7, 11) is -4.67. The van der Waals surface area contributed by atoms with E-state index in [1.807, 2.05) is 4.72 Å². The molecule has 1 amide bonds. The lowest BCUT2D eigenvalue weighted by atomic mass is 9.96. The first-order valence-corrected chi connectivity index (χ1v) is 17.4. The van der Waals surface area contributed by atoms with Gasteiger partial charge in [0.05, 0.1) is 17.5 Å². The number of rotatable bonds is 9. The fourth-order valence-corrected chi connectivity index (χ4v) is 7.49. The highest BCUT2D eigenvalue weighted by molar-refractivity contribution is 7.89. The molecular weight excluding hydrogens is 651 g/mol. The molecule has 0 aromatic heterocycles. The van der Waals surface area contributed by atoms with Crippen LogP contribution in [-0.2, 0) is 20.7 Å². The molecule has 12 heteroatoms. The molecule has 4 aromatic carbocycles. The fraction of sp³-hybridized carbons (Fsp3) is 0.343. The first kappa shape index (κ1) is 33.3. The van der Waals surface area contributed by atoms with Crippen LogP contribution in [0.4, 0.5) is 13.2 Å². The summed E-state index contributed by atoms with van der Waals surface area (Å²) in [6.45, 7) is -0.615. The summed E-state index contributed by atoms with van der Waals surface area (Å²) < 4.78 is 82.7. The Kier molecular flexibility index (Phi) is 9.53. The van der Waals surface area contributed by atoms with Gasteiger partial charge in [-0.15, -0.1) is 0 Å². The Morgan fingerprint density at radius 1 is 0.915 bits per heavy atom. The number of piperidine rings is 1. The summed E-state index contributed by atoms with van der Waals surface area (Å²) in [5, 5.41) is 1.77. The van der Waals surface area contributed by atoms with Crippen molar-refractivity contribution in [1.82, 2.24) is 9.62 Å². The van der Waals surface area contributed by atoms with Crippen LogP contribution in [0.5, 0.6) is 5.75 Å². The van der Waals surface area contributed by atoms with Crippen LogP contribution in [0.1, 0.15) is 37.7 Å². The molecule has 248 valence electrons. The molecular formula is C35H35ClF3N3O4S. The molecule has 0 spiro atoms. The number of carbonyl (C=O) groups is 1. The average molecular weight is 686 g/mol. The van der Waals surface area contributed by atoms with Crippen LogP contribution in [0.2, 0.25) is 5.02 Å². The van der Waals surface area contributed by atoms with Gasteiger partial charge in [0.2, 0.25) is 15.9 Å². The molecule has 4 aromatic rings. The Labute approximate surface area is 276 Å². The van der Waals surface area contributed by atoms with Gasteiger partial charge in [-0.1, -0.05) is 60.1 Å². The van der Waals surface area contributed by atoms with Crippen LogP contribution in [-0.4, -0.2) is 56.7 Å². The summed E-state index contributed by atoms with van der Waals surface area (Å²) in [6, 6.07) is 18.1. The van der Waals surface area contributed by atoms with E-state index in [4.69, 9.17) is 22.1 Å². The molecule has 7 nitrogen and oxygen atoms in total. The smallest absolute Gasteiger partial charge is 0.298 e. The van der Waals surface area contributed by atoms with Crippen molar-refractivity contribution in [3.05, 3.63) is 95.5 Å². The monoisotopic (exact) mass is 685 g/mol. The first-order valence-electron chi connectivity index (χ1n) is 15.6. The summed E-state index contributed by atoms with van der Waals surface area (Å²) in [6.07, 6.45) is 2.74. The molecule has 1 saturated carbocycles. The van der Waals surface area contributed by atoms with Crippen LogP contribution in [0.3, 0.4) is 0 Å². The lowest BCUT2D eigenvalue weighted by Gasteiger charge is -2.37. The van der Waals surface area contributed by atoms with Gasteiger partial charge in [0.25, 0.3) is 5.92 Å². The lowest BCUT2D eigenvalue weighted by molar-refractivity contribution is -0.146. The van der Waals surface area contributed by atoms with Crippen molar-refractivity contribution in [2.45, 2.75) is 67.3 Å². The molecule has 2 aliphatic rings. The van der Waals surface area contributed by atoms with Gasteiger partial charge in [-0.3, -0.25) is 4.79 Å². The van der Waals surface area contributed by atoms with E-state index in [1.54, 1.807) is 48.5 Å². The number of nitrogens with one attached hydrogen (secondary N) is 1. The van der Waals surface area contributed by atoms with E-state index in [9.17, 15) is 17.6 Å². The molecule has 3 N–H and O–H groups in total. The van der Waals surface area contributed by atoms with E-state index < -0.39 is 52.2 Å². The van der Waals surface area contributed by atoms with Crippen molar-refractivity contribution in [3.8, 4) is 16.9 Å². The number of alkyl halides is 3. The van der Waals surface area contributed by atoms with Gasteiger partial charge in [0.15, 0.2) is 6.04 Å². The number of amides is 1. The summed E-state index contributed by atoms with van der Waals surface area (Å²) in [4.78, 5) is 14.3. The molecule has 1 heterocycles. The summed E-state index contributed by atoms with van der Waals surface area (Å²) in [5.74, 6) is -4.60. The molecule has 1 saturated heterocycles. The van der Waals surface area contributed by atoms with Crippen molar-refractivity contribution in [3.63, 3.8) is 0 Å². The Hall–Kier alpha value is -3.64. The highest BCUT2D eigenvalue weighted by atomic mass is 35.5. The molecule has 47 heavy (non-hydrogen) atoms. The van der Waals surface area contributed by atoms with Gasteiger partial charge < -0.3 is 15.4 Å². The van der Waals surface area contributed by atoms with E-state index in [2.05, 4.69) is 0 Å². The van der Waals surface area contributed by atoms with E-state index >= 15 is 8.78 Å². The minimum Gasteiger partial charge on any atom is -0.490 e. The number of likely N-dealkylation sites (tertiary alicyclic amines) is 1. The van der Waals surface area contributed by atoms with Crippen molar-refractivity contribution < 1.29 is 31.1 Å². The third kappa shape index (κ3) is 7.28. The average Bonchev–Trinajstić information content (AvgIpc) is 3.58. The number of nitrogens with zero attached hydrogens (tertiary/aromatic N) is 1. The SMILES string of the molecule is N[C@@H]1CCN(C(=O)C(NS(=O)(=O)c2ccc3cc(OC4CCCC4)ccc3c2)C(F)(F)c2ccc(-c3ccc(Cl)cc3)cc2)C[C@H]1F. The number of hydrogen-bond acceptors (Lipinski definition) is 5. The quantitative estimate of drug-likeness (QED) is 0.201. The van der Waals surface area contributed by atoms with Crippen molar-refractivity contribution in [1.29, 1.82) is 0 Å². The zero-order chi connectivity index (χ0) is 33.3. The minimum atomic E-state index is -4.67. The number of hydrogen-bond donors (Lipinski definition) is 2. The Morgan fingerprint density at radius 2 is 1.53 bits per heavy atom. The molecule has 0 bridgehead atoms. The molecule has 1 aliphatic heterocycles. The number of fused-ring (bicyclic) bond motifs is 1. The van der Waals surface area contributed by atoms with Crippen LogP contribution in [0, 0.1) is 0 Å². The standard InChI is InChI=1S/C35H35ClF3N3O4S/c36-27-13-7-23(8-14-27)22-5-11-26(12-6-22)35(38,39)33(34(43)42-18-17-32(40)31(37)21-42)41-47(44,45)30-16-10-24-19-29(15-9-25(24)20-30)46-28-3-1-2-4-28/h5-16,19-20,28,31-33,41H,1-4,17-18,21,40H2/t31-,32-,33?/m1/s1.